The van der Waals surface area contributed by atoms with Crippen molar-refractivity contribution in [1.29, 1.82) is 0 Å². The lowest BCUT2D eigenvalue weighted by Crippen LogP contribution is -2.28. The highest BCUT2D eigenvalue weighted by Crippen LogP contribution is 2.12. The molecule has 0 aliphatic rings. The number of hydrogen-bond acceptors (Lipinski definition) is 4. The highest BCUT2D eigenvalue weighted by Gasteiger charge is 2.10. The molecule has 1 rings (SSSR count). The van der Waals surface area contributed by atoms with E-state index in [1.807, 2.05) is 0 Å². The van der Waals surface area contributed by atoms with Crippen molar-refractivity contribution in [1.82, 2.24) is 10.3 Å². The summed E-state index contributed by atoms with van der Waals surface area (Å²) in [5.41, 5.74) is 1.30. The molecule has 1 heterocycles. The van der Waals surface area contributed by atoms with Gasteiger partial charge in [-0.15, -0.1) is 0 Å². The monoisotopic (exact) mass is 269 g/mol. The van der Waals surface area contributed by atoms with Gasteiger partial charge in [0.15, 0.2) is 0 Å². The second-order valence-corrected chi connectivity index (χ2v) is 5.44. The maximum atomic E-state index is 11.9. The largest absolute Gasteiger partial charge is 0.383 e. The van der Waals surface area contributed by atoms with Crippen molar-refractivity contribution in [2.75, 3.05) is 30.4 Å². The predicted octanol–water partition coefficient (Wildman–Crippen LogP) is 1.01. The standard InChI is InChI=1S/C12H19N3O2S/c1-3-5-14-11-9-13-6-4-10(11)12(16)15-7-8-18(2)17/h4,6,9,14H,3,5,7-8H2,1-2H3,(H,15,16). The molecule has 18 heavy (non-hydrogen) atoms. The van der Waals surface area contributed by atoms with Crippen LogP contribution in [0, 0.1) is 0 Å². The summed E-state index contributed by atoms with van der Waals surface area (Å²) < 4.78 is 10.9. The Morgan fingerprint density at radius 3 is 2.89 bits per heavy atom. The number of hydrogen-bond donors (Lipinski definition) is 2. The van der Waals surface area contributed by atoms with Crippen molar-refractivity contribution in [2.45, 2.75) is 13.3 Å². The average molecular weight is 269 g/mol. The van der Waals surface area contributed by atoms with E-state index in [0.29, 0.717) is 17.9 Å². The second-order valence-electron chi connectivity index (χ2n) is 3.88. The zero-order chi connectivity index (χ0) is 13.4. The molecule has 0 aliphatic heterocycles. The number of nitrogens with one attached hydrogen (secondary N) is 2. The number of nitrogens with zero attached hydrogens (tertiary/aromatic N) is 1. The molecule has 0 saturated heterocycles. The molecule has 0 fully saturated rings. The van der Waals surface area contributed by atoms with Gasteiger partial charge >= 0.3 is 0 Å². The number of carbonyl (C=O) groups is 1. The van der Waals surface area contributed by atoms with E-state index in [2.05, 4.69) is 22.5 Å². The fraction of sp³-hybridized carbons (Fsp3) is 0.500. The first-order valence-corrected chi connectivity index (χ1v) is 7.64. The van der Waals surface area contributed by atoms with E-state index in [1.165, 1.54) is 0 Å². The second kappa shape index (κ2) is 7.81. The molecular formula is C12H19N3O2S. The summed E-state index contributed by atoms with van der Waals surface area (Å²) in [6.07, 6.45) is 5.82. The van der Waals surface area contributed by atoms with Crippen molar-refractivity contribution in [2.24, 2.45) is 0 Å². The van der Waals surface area contributed by atoms with E-state index >= 15 is 0 Å². The van der Waals surface area contributed by atoms with Crippen molar-refractivity contribution < 1.29 is 9.00 Å². The van der Waals surface area contributed by atoms with Crippen LogP contribution >= 0.6 is 0 Å². The van der Waals surface area contributed by atoms with Crippen LogP contribution in [0.1, 0.15) is 23.7 Å². The van der Waals surface area contributed by atoms with Crippen molar-refractivity contribution in [3.8, 4) is 0 Å². The van der Waals surface area contributed by atoms with Crippen LogP contribution in [-0.4, -0.2) is 40.2 Å². The normalized spacial score (nSPS) is 11.9. The quantitative estimate of drug-likeness (QED) is 0.775. The average Bonchev–Trinajstić information content (AvgIpc) is 2.36. The summed E-state index contributed by atoms with van der Waals surface area (Å²) in [4.78, 5) is 15.9. The van der Waals surface area contributed by atoms with Crippen LogP contribution in [-0.2, 0) is 10.8 Å². The molecule has 1 unspecified atom stereocenters. The summed E-state index contributed by atoms with van der Waals surface area (Å²) in [6.45, 7) is 3.27. The van der Waals surface area contributed by atoms with Gasteiger partial charge in [0.05, 0.1) is 17.4 Å². The number of amides is 1. The van der Waals surface area contributed by atoms with E-state index in [-0.39, 0.29) is 5.91 Å². The Morgan fingerprint density at radius 1 is 1.44 bits per heavy atom. The zero-order valence-corrected chi connectivity index (χ0v) is 11.5. The molecule has 0 radical (unpaired) electrons. The number of rotatable bonds is 7. The van der Waals surface area contributed by atoms with E-state index in [9.17, 15) is 9.00 Å². The van der Waals surface area contributed by atoms with Gasteiger partial charge in [0.1, 0.15) is 0 Å². The Morgan fingerprint density at radius 2 is 2.22 bits per heavy atom. The third kappa shape index (κ3) is 4.83. The Hall–Kier alpha value is -1.43. The van der Waals surface area contributed by atoms with E-state index in [0.717, 1.165) is 18.7 Å². The molecule has 1 aromatic rings. The smallest absolute Gasteiger partial charge is 0.253 e. The third-order valence-electron chi connectivity index (χ3n) is 2.31. The number of carbonyl (C=O) groups excluding carboxylic acids is 1. The van der Waals surface area contributed by atoms with E-state index in [1.54, 1.807) is 24.7 Å². The fourth-order valence-electron chi connectivity index (χ4n) is 1.40. The third-order valence-corrected chi connectivity index (χ3v) is 3.09. The van der Waals surface area contributed by atoms with Gasteiger partial charge in [0.2, 0.25) is 0 Å². The summed E-state index contributed by atoms with van der Waals surface area (Å²) in [5.74, 6) is 0.301. The van der Waals surface area contributed by atoms with Crippen molar-refractivity contribution in [3.05, 3.63) is 24.0 Å². The molecule has 0 aliphatic carbocycles. The summed E-state index contributed by atoms with van der Waals surface area (Å²) in [7, 11) is -0.891. The van der Waals surface area contributed by atoms with E-state index in [4.69, 9.17) is 0 Å². The van der Waals surface area contributed by atoms with Gasteiger partial charge in [-0.2, -0.15) is 0 Å². The number of pyridine rings is 1. The first kappa shape index (κ1) is 14.6. The predicted molar refractivity (Wildman–Crippen MR) is 74.3 cm³/mol. The molecular weight excluding hydrogens is 250 g/mol. The summed E-state index contributed by atoms with van der Waals surface area (Å²) in [6, 6.07) is 1.68. The molecule has 1 atom stereocenters. The minimum atomic E-state index is -0.891. The first-order valence-electron chi connectivity index (χ1n) is 5.91. The van der Waals surface area contributed by atoms with Gasteiger partial charge in [-0.3, -0.25) is 14.0 Å². The zero-order valence-electron chi connectivity index (χ0n) is 10.7. The Kier molecular flexibility index (Phi) is 6.35. The minimum absolute atomic E-state index is 0.165. The van der Waals surface area contributed by atoms with Crippen LogP contribution in [0.3, 0.4) is 0 Å². The maximum Gasteiger partial charge on any atom is 0.253 e. The number of aromatic nitrogens is 1. The molecule has 0 bridgehead atoms. The molecule has 1 amide bonds. The summed E-state index contributed by atoms with van der Waals surface area (Å²) >= 11 is 0. The molecule has 5 nitrogen and oxygen atoms in total. The lowest BCUT2D eigenvalue weighted by molar-refractivity contribution is 0.0957. The molecule has 2 N–H and O–H groups in total. The van der Waals surface area contributed by atoms with Crippen molar-refractivity contribution >= 4 is 22.4 Å². The Bertz CT molecular complexity index is 424. The molecule has 1 aromatic heterocycles. The van der Waals surface area contributed by atoms with Gasteiger partial charge in [-0.25, -0.2) is 0 Å². The van der Waals surface area contributed by atoms with E-state index < -0.39 is 10.8 Å². The van der Waals surface area contributed by atoms with Crippen LogP contribution in [0.5, 0.6) is 0 Å². The lowest BCUT2D eigenvalue weighted by atomic mass is 10.2. The Labute approximate surface area is 110 Å². The maximum absolute atomic E-state index is 11.9. The highest BCUT2D eigenvalue weighted by molar-refractivity contribution is 7.84. The number of anilines is 1. The van der Waals surface area contributed by atoms with Gasteiger partial charge in [-0.1, -0.05) is 6.92 Å². The van der Waals surface area contributed by atoms with Crippen molar-refractivity contribution in [3.63, 3.8) is 0 Å². The molecule has 0 spiro atoms. The van der Waals surface area contributed by atoms with Crippen LogP contribution in [0.25, 0.3) is 0 Å². The van der Waals surface area contributed by atoms with Crippen LogP contribution in [0.2, 0.25) is 0 Å². The lowest BCUT2D eigenvalue weighted by Gasteiger charge is -2.10. The van der Waals surface area contributed by atoms with Gasteiger partial charge < -0.3 is 10.6 Å². The Balaban J connectivity index is 2.63. The van der Waals surface area contributed by atoms with Crippen LogP contribution in [0.4, 0.5) is 5.69 Å². The topological polar surface area (TPSA) is 71.1 Å². The van der Waals surface area contributed by atoms with Gasteiger partial charge in [0, 0.05) is 42.1 Å². The summed E-state index contributed by atoms with van der Waals surface area (Å²) in [5, 5.41) is 5.91. The molecule has 0 saturated carbocycles. The molecule has 100 valence electrons. The molecule has 6 heteroatoms. The first-order chi connectivity index (χ1) is 8.65. The van der Waals surface area contributed by atoms with Crippen LogP contribution in [0.15, 0.2) is 18.5 Å². The van der Waals surface area contributed by atoms with Gasteiger partial charge in [-0.05, 0) is 12.5 Å². The van der Waals surface area contributed by atoms with Crippen LogP contribution < -0.4 is 10.6 Å². The fourth-order valence-corrected chi connectivity index (χ4v) is 1.79. The minimum Gasteiger partial charge on any atom is -0.383 e. The molecule has 0 aromatic carbocycles. The highest BCUT2D eigenvalue weighted by atomic mass is 32.2. The SMILES string of the molecule is CCCNc1cnccc1C(=O)NCCS(C)=O. The van der Waals surface area contributed by atoms with Gasteiger partial charge in [0.25, 0.3) is 5.91 Å².